The summed E-state index contributed by atoms with van der Waals surface area (Å²) in [5.74, 6) is -0.326. The number of hydrogen-bond donors (Lipinski definition) is 1. The highest BCUT2D eigenvalue weighted by Gasteiger charge is 2.27. The first-order chi connectivity index (χ1) is 10.2. The van der Waals surface area contributed by atoms with Gasteiger partial charge < -0.3 is 19.6 Å². The van der Waals surface area contributed by atoms with Gasteiger partial charge in [-0.1, -0.05) is 12.2 Å². The molecule has 0 unspecified atom stereocenters. The van der Waals surface area contributed by atoms with Crippen molar-refractivity contribution in [1.29, 1.82) is 0 Å². The number of esters is 1. The van der Waals surface area contributed by atoms with E-state index in [4.69, 9.17) is 9.47 Å². The lowest BCUT2D eigenvalue weighted by molar-refractivity contribution is -0.145. The van der Waals surface area contributed by atoms with Gasteiger partial charge in [0.25, 0.3) is 0 Å². The fourth-order valence-corrected chi connectivity index (χ4v) is 1.87. The fraction of sp³-hybridized carbons (Fsp3) is 0.375. The molecule has 1 aromatic rings. The largest absolute Gasteiger partial charge is 0.497 e. The minimum atomic E-state index is -0.757. The van der Waals surface area contributed by atoms with Gasteiger partial charge in [-0.3, -0.25) is 0 Å². The maximum absolute atomic E-state index is 12.0. The molecule has 0 saturated carbocycles. The molecule has 5 nitrogen and oxygen atoms in total. The van der Waals surface area contributed by atoms with Crippen molar-refractivity contribution in [1.82, 2.24) is 0 Å². The van der Waals surface area contributed by atoms with Crippen LogP contribution in [0.5, 0.6) is 5.75 Å². The Morgan fingerprint density at radius 3 is 2.48 bits per heavy atom. The van der Waals surface area contributed by atoms with Crippen molar-refractivity contribution in [3.63, 3.8) is 0 Å². The normalized spacial score (nSPS) is 13.5. The van der Waals surface area contributed by atoms with Gasteiger partial charge in [-0.25, -0.2) is 4.79 Å². The highest BCUT2D eigenvalue weighted by atomic mass is 16.5. The lowest BCUT2D eigenvalue weighted by atomic mass is 10.0. The number of aldehydes is 1. The molecule has 0 aliphatic heterocycles. The minimum Gasteiger partial charge on any atom is -0.497 e. The molecule has 0 aromatic heterocycles. The van der Waals surface area contributed by atoms with E-state index in [2.05, 4.69) is 5.32 Å². The van der Waals surface area contributed by atoms with Crippen molar-refractivity contribution in [2.24, 2.45) is 5.92 Å². The van der Waals surface area contributed by atoms with Crippen LogP contribution in [0.1, 0.15) is 13.8 Å². The summed E-state index contributed by atoms with van der Waals surface area (Å²) in [6, 6.07) is 6.35. The predicted octanol–water partition coefficient (Wildman–Crippen LogP) is 2.43. The van der Waals surface area contributed by atoms with Crippen molar-refractivity contribution in [2.75, 3.05) is 19.0 Å². The Morgan fingerprint density at radius 1 is 1.33 bits per heavy atom. The summed E-state index contributed by atoms with van der Waals surface area (Å²) >= 11 is 0. The van der Waals surface area contributed by atoms with Gasteiger partial charge in [0.2, 0.25) is 0 Å². The van der Waals surface area contributed by atoms with E-state index in [0.717, 1.165) is 6.29 Å². The van der Waals surface area contributed by atoms with Crippen molar-refractivity contribution in [3.05, 3.63) is 36.4 Å². The third-order valence-corrected chi connectivity index (χ3v) is 2.91. The lowest BCUT2D eigenvalue weighted by Gasteiger charge is -2.21. The van der Waals surface area contributed by atoms with Crippen LogP contribution in [0.3, 0.4) is 0 Å². The fourth-order valence-electron chi connectivity index (χ4n) is 1.87. The number of nitrogens with one attached hydrogen (secondary N) is 1. The summed E-state index contributed by atoms with van der Waals surface area (Å²) in [5.41, 5.74) is 0.713. The summed E-state index contributed by atoms with van der Waals surface area (Å²) in [5, 5.41) is 3.04. The Morgan fingerprint density at radius 2 is 2.00 bits per heavy atom. The van der Waals surface area contributed by atoms with Crippen molar-refractivity contribution in [3.8, 4) is 5.75 Å². The Balaban J connectivity index is 2.94. The number of benzene rings is 1. The Kier molecular flexibility index (Phi) is 7.01. The van der Waals surface area contributed by atoms with Gasteiger partial charge in [0, 0.05) is 5.69 Å². The Hall–Kier alpha value is -2.30. The van der Waals surface area contributed by atoms with Crippen LogP contribution in [0, 0.1) is 5.92 Å². The molecule has 0 saturated heterocycles. The summed E-state index contributed by atoms with van der Waals surface area (Å²) in [7, 11) is 1.58. The van der Waals surface area contributed by atoms with E-state index in [0.29, 0.717) is 11.4 Å². The van der Waals surface area contributed by atoms with E-state index < -0.39 is 17.9 Å². The molecule has 0 fully saturated rings. The van der Waals surface area contributed by atoms with Gasteiger partial charge in [0.05, 0.1) is 19.6 Å². The molecule has 0 aliphatic rings. The van der Waals surface area contributed by atoms with E-state index >= 15 is 0 Å². The number of allylic oxidation sites excluding steroid dienone is 1. The molecular formula is C16H21NO4. The summed E-state index contributed by atoms with van der Waals surface area (Å²) in [4.78, 5) is 23.3. The standard InChI is InChI=1S/C16H21NO4/c1-4-6-12(11-18)15(16(19)21-5-2)17-13-7-9-14(20-3)10-8-13/h4,6-12,15,17H,5H2,1-3H3/b6-4+/t12-,15-/m0/s1. The van der Waals surface area contributed by atoms with E-state index in [1.165, 1.54) is 0 Å². The van der Waals surface area contributed by atoms with E-state index in [1.807, 2.05) is 0 Å². The van der Waals surface area contributed by atoms with E-state index in [9.17, 15) is 9.59 Å². The molecule has 0 amide bonds. The molecule has 21 heavy (non-hydrogen) atoms. The molecule has 1 rings (SSSR count). The number of hydrogen-bond acceptors (Lipinski definition) is 5. The van der Waals surface area contributed by atoms with Crippen LogP contribution in [0.25, 0.3) is 0 Å². The molecule has 114 valence electrons. The van der Waals surface area contributed by atoms with Crippen LogP contribution in [0.2, 0.25) is 0 Å². The molecule has 0 spiro atoms. The van der Waals surface area contributed by atoms with Gasteiger partial charge in [-0.2, -0.15) is 0 Å². The number of carbonyl (C=O) groups is 2. The zero-order chi connectivity index (χ0) is 15.7. The maximum Gasteiger partial charge on any atom is 0.329 e. The summed E-state index contributed by atoms with van der Waals surface area (Å²) in [6.45, 7) is 3.79. The first-order valence-electron chi connectivity index (χ1n) is 6.81. The zero-order valence-corrected chi connectivity index (χ0v) is 12.5. The topological polar surface area (TPSA) is 64.6 Å². The third-order valence-electron chi connectivity index (χ3n) is 2.91. The van der Waals surface area contributed by atoms with Gasteiger partial charge in [0.1, 0.15) is 18.1 Å². The molecule has 0 aliphatic carbocycles. The average Bonchev–Trinajstić information content (AvgIpc) is 2.51. The maximum atomic E-state index is 12.0. The SMILES string of the molecule is C/C=C/[C@@H](C=O)[C@H](Nc1ccc(OC)cc1)C(=O)OCC. The third kappa shape index (κ3) is 4.95. The number of methoxy groups -OCH3 is 1. The molecule has 0 radical (unpaired) electrons. The van der Waals surface area contributed by atoms with Crippen LogP contribution in [0.15, 0.2) is 36.4 Å². The van der Waals surface area contributed by atoms with Gasteiger partial charge in [0.15, 0.2) is 0 Å². The monoisotopic (exact) mass is 291 g/mol. The molecule has 1 N–H and O–H groups in total. The molecule has 0 heterocycles. The molecule has 0 bridgehead atoms. The second kappa shape index (κ2) is 8.79. The number of rotatable bonds is 8. The molecule has 5 heteroatoms. The second-order valence-electron chi connectivity index (χ2n) is 4.34. The second-order valence-corrected chi connectivity index (χ2v) is 4.34. The predicted molar refractivity (Wildman–Crippen MR) is 81.4 cm³/mol. The molecule has 2 atom stereocenters. The average molecular weight is 291 g/mol. The van der Waals surface area contributed by atoms with Crippen LogP contribution in [-0.4, -0.2) is 32.0 Å². The minimum absolute atomic E-state index is 0.265. The van der Waals surface area contributed by atoms with Crippen LogP contribution in [0.4, 0.5) is 5.69 Å². The summed E-state index contributed by atoms with van der Waals surface area (Å²) in [6.07, 6.45) is 4.14. The van der Waals surface area contributed by atoms with E-state index in [1.54, 1.807) is 57.4 Å². The zero-order valence-electron chi connectivity index (χ0n) is 12.5. The number of anilines is 1. The molecular weight excluding hydrogens is 270 g/mol. The van der Waals surface area contributed by atoms with Gasteiger partial charge in [-0.05, 0) is 38.1 Å². The lowest BCUT2D eigenvalue weighted by Crippen LogP contribution is -2.38. The molecule has 1 aromatic carbocycles. The van der Waals surface area contributed by atoms with Gasteiger partial charge in [-0.15, -0.1) is 0 Å². The van der Waals surface area contributed by atoms with Crippen LogP contribution in [-0.2, 0) is 14.3 Å². The Bertz CT molecular complexity index is 482. The Labute approximate surface area is 124 Å². The van der Waals surface area contributed by atoms with Crippen LogP contribution < -0.4 is 10.1 Å². The van der Waals surface area contributed by atoms with E-state index in [-0.39, 0.29) is 6.61 Å². The van der Waals surface area contributed by atoms with Gasteiger partial charge >= 0.3 is 5.97 Å². The first-order valence-corrected chi connectivity index (χ1v) is 6.81. The van der Waals surface area contributed by atoms with Crippen molar-refractivity contribution >= 4 is 17.9 Å². The summed E-state index contributed by atoms with van der Waals surface area (Å²) < 4.78 is 10.1. The highest BCUT2D eigenvalue weighted by molar-refractivity contribution is 5.84. The van der Waals surface area contributed by atoms with Crippen molar-refractivity contribution in [2.45, 2.75) is 19.9 Å². The smallest absolute Gasteiger partial charge is 0.329 e. The first kappa shape index (κ1) is 16.8. The highest BCUT2D eigenvalue weighted by Crippen LogP contribution is 2.18. The van der Waals surface area contributed by atoms with Crippen LogP contribution >= 0.6 is 0 Å². The quantitative estimate of drug-likeness (QED) is 0.453. The van der Waals surface area contributed by atoms with Crippen molar-refractivity contribution < 1.29 is 19.1 Å². The number of carbonyl (C=O) groups excluding carboxylic acids is 2. The number of ether oxygens (including phenoxy) is 2.